The number of aromatic nitrogens is 1. The summed E-state index contributed by atoms with van der Waals surface area (Å²) in [5, 5.41) is 9.91. The number of hydrogen-bond acceptors (Lipinski definition) is 3. The van der Waals surface area contributed by atoms with Crippen LogP contribution < -0.4 is 4.74 Å². The topological polar surface area (TPSA) is 59.4 Å². The molecule has 0 unspecified atom stereocenters. The first-order chi connectivity index (χ1) is 9.08. The number of rotatable bonds is 5. The molecule has 1 heterocycles. The molecule has 0 bridgehead atoms. The Morgan fingerprint density at radius 2 is 2.11 bits per heavy atom. The van der Waals surface area contributed by atoms with Gasteiger partial charge in [-0.1, -0.05) is 26.0 Å². The van der Waals surface area contributed by atoms with Gasteiger partial charge in [0.2, 0.25) is 0 Å². The van der Waals surface area contributed by atoms with E-state index in [1.807, 2.05) is 18.2 Å². The van der Waals surface area contributed by atoms with Gasteiger partial charge in [0, 0.05) is 11.5 Å². The molecule has 0 saturated heterocycles. The summed E-state index contributed by atoms with van der Waals surface area (Å²) in [7, 11) is 0. The number of carboxylic acids is 1. The molecule has 0 saturated carbocycles. The zero-order valence-electron chi connectivity index (χ0n) is 11.1. The maximum atomic E-state index is 11.1. The summed E-state index contributed by atoms with van der Waals surface area (Å²) >= 11 is 0. The van der Waals surface area contributed by atoms with Crippen LogP contribution in [0.5, 0.6) is 5.75 Å². The highest BCUT2D eigenvalue weighted by molar-refractivity contribution is 5.93. The van der Waals surface area contributed by atoms with E-state index in [9.17, 15) is 4.79 Å². The lowest BCUT2D eigenvalue weighted by Crippen LogP contribution is -2.05. The van der Waals surface area contributed by atoms with Crippen LogP contribution in [-0.4, -0.2) is 22.7 Å². The van der Waals surface area contributed by atoms with Crippen molar-refractivity contribution in [1.29, 1.82) is 0 Å². The highest BCUT2D eigenvalue weighted by atomic mass is 16.5. The molecule has 0 atom stereocenters. The van der Waals surface area contributed by atoms with Crippen molar-refractivity contribution in [3.05, 3.63) is 36.0 Å². The SMILES string of the molecule is CC(C)CCOc1cc(C(=O)O)nc2ccccc12. The molecule has 2 rings (SSSR count). The van der Waals surface area contributed by atoms with Crippen molar-refractivity contribution in [1.82, 2.24) is 4.98 Å². The summed E-state index contributed by atoms with van der Waals surface area (Å²) in [6.45, 7) is 4.82. The Bertz CT molecular complexity index is 593. The number of fused-ring (bicyclic) bond motifs is 1. The van der Waals surface area contributed by atoms with E-state index in [-0.39, 0.29) is 5.69 Å². The summed E-state index contributed by atoms with van der Waals surface area (Å²) in [4.78, 5) is 15.2. The first-order valence-electron chi connectivity index (χ1n) is 6.34. The second-order valence-electron chi connectivity index (χ2n) is 4.86. The molecule has 0 fully saturated rings. The summed E-state index contributed by atoms with van der Waals surface area (Å²) in [5.41, 5.74) is 0.653. The van der Waals surface area contributed by atoms with Gasteiger partial charge >= 0.3 is 5.97 Å². The molecule has 100 valence electrons. The monoisotopic (exact) mass is 259 g/mol. The van der Waals surface area contributed by atoms with Gasteiger partial charge in [-0.2, -0.15) is 0 Å². The van der Waals surface area contributed by atoms with Crippen molar-refractivity contribution in [3.63, 3.8) is 0 Å². The summed E-state index contributed by atoms with van der Waals surface area (Å²) in [6.07, 6.45) is 0.930. The van der Waals surface area contributed by atoms with Crippen LogP contribution in [-0.2, 0) is 0 Å². The van der Waals surface area contributed by atoms with Gasteiger partial charge in [0.15, 0.2) is 5.69 Å². The van der Waals surface area contributed by atoms with Crippen LogP contribution in [0.3, 0.4) is 0 Å². The van der Waals surface area contributed by atoms with Crippen molar-refractivity contribution in [2.45, 2.75) is 20.3 Å². The van der Waals surface area contributed by atoms with Crippen molar-refractivity contribution in [3.8, 4) is 5.75 Å². The number of para-hydroxylation sites is 1. The van der Waals surface area contributed by atoms with E-state index in [2.05, 4.69) is 18.8 Å². The largest absolute Gasteiger partial charge is 0.493 e. The standard InChI is InChI=1S/C15H17NO3/c1-10(2)7-8-19-14-9-13(15(17)18)16-12-6-4-3-5-11(12)14/h3-6,9-10H,7-8H2,1-2H3,(H,17,18). The molecule has 0 aliphatic heterocycles. The second kappa shape index (κ2) is 5.69. The Kier molecular flexibility index (Phi) is 4.00. The quantitative estimate of drug-likeness (QED) is 0.894. The minimum absolute atomic E-state index is 0.0123. The number of hydrogen-bond donors (Lipinski definition) is 1. The molecule has 0 spiro atoms. The molecule has 2 aromatic rings. The van der Waals surface area contributed by atoms with Gasteiger partial charge in [-0.25, -0.2) is 9.78 Å². The zero-order chi connectivity index (χ0) is 13.8. The van der Waals surface area contributed by atoms with Crippen LogP contribution >= 0.6 is 0 Å². The Labute approximate surface area is 112 Å². The van der Waals surface area contributed by atoms with Crippen molar-refractivity contribution < 1.29 is 14.6 Å². The van der Waals surface area contributed by atoms with E-state index in [0.29, 0.717) is 23.8 Å². The molecule has 1 aromatic heterocycles. The highest BCUT2D eigenvalue weighted by Crippen LogP contribution is 2.25. The van der Waals surface area contributed by atoms with E-state index >= 15 is 0 Å². The first kappa shape index (κ1) is 13.3. The van der Waals surface area contributed by atoms with Crippen LogP contribution in [0.2, 0.25) is 0 Å². The fourth-order valence-corrected chi connectivity index (χ4v) is 1.78. The Morgan fingerprint density at radius 3 is 2.79 bits per heavy atom. The lowest BCUT2D eigenvalue weighted by molar-refractivity contribution is 0.0690. The third-order valence-electron chi connectivity index (χ3n) is 2.85. The van der Waals surface area contributed by atoms with Crippen LogP contribution in [0.25, 0.3) is 10.9 Å². The molecule has 4 nitrogen and oxygen atoms in total. The van der Waals surface area contributed by atoms with Gasteiger partial charge in [-0.15, -0.1) is 0 Å². The molecular weight excluding hydrogens is 242 g/mol. The molecule has 1 aromatic carbocycles. The molecule has 4 heteroatoms. The van der Waals surface area contributed by atoms with Crippen LogP contribution in [0, 0.1) is 5.92 Å². The first-order valence-corrected chi connectivity index (χ1v) is 6.34. The normalized spacial score (nSPS) is 10.9. The van der Waals surface area contributed by atoms with E-state index in [4.69, 9.17) is 9.84 Å². The molecule has 0 aliphatic rings. The van der Waals surface area contributed by atoms with Gasteiger partial charge in [-0.3, -0.25) is 0 Å². The molecule has 0 aliphatic carbocycles. The minimum atomic E-state index is -1.04. The van der Waals surface area contributed by atoms with E-state index in [1.165, 1.54) is 6.07 Å². The van der Waals surface area contributed by atoms with Gasteiger partial charge in [0.25, 0.3) is 0 Å². The summed E-state index contributed by atoms with van der Waals surface area (Å²) < 4.78 is 5.72. The maximum Gasteiger partial charge on any atom is 0.354 e. The number of benzene rings is 1. The highest BCUT2D eigenvalue weighted by Gasteiger charge is 2.11. The average molecular weight is 259 g/mol. The van der Waals surface area contributed by atoms with Crippen LogP contribution in [0.4, 0.5) is 0 Å². The fourth-order valence-electron chi connectivity index (χ4n) is 1.78. The minimum Gasteiger partial charge on any atom is -0.493 e. The van der Waals surface area contributed by atoms with Gasteiger partial charge < -0.3 is 9.84 Å². The number of ether oxygens (including phenoxy) is 1. The van der Waals surface area contributed by atoms with Crippen molar-refractivity contribution in [2.24, 2.45) is 5.92 Å². The van der Waals surface area contributed by atoms with Crippen molar-refractivity contribution in [2.75, 3.05) is 6.61 Å². The third-order valence-corrected chi connectivity index (χ3v) is 2.85. The predicted octanol–water partition coefficient (Wildman–Crippen LogP) is 3.36. The lowest BCUT2D eigenvalue weighted by atomic mass is 10.1. The van der Waals surface area contributed by atoms with E-state index in [0.717, 1.165) is 11.8 Å². The molecule has 19 heavy (non-hydrogen) atoms. The second-order valence-corrected chi connectivity index (χ2v) is 4.86. The number of nitrogens with zero attached hydrogens (tertiary/aromatic N) is 1. The van der Waals surface area contributed by atoms with Gasteiger partial charge in [0.1, 0.15) is 5.75 Å². The third kappa shape index (κ3) is 3.22. The summed E-state index contributed by atoms with van der Waals surface area (Å²) in [5.74, 6) is 0.0927. The Hall–Kier alpha value is -2.10. The molecule has 1 N–H and O–H groups in total. The molecule has 0 amide bonds. The van der Waals surface area contributed by atoms with Crippen LogP contribution in [0.15, 0.2) is 30.3 Å². The van der Waals surface area contributed by atoms with E-state index in [1.54, 1.807) is 6.07 Å². The predicted molar refractivity (Wildman–Crippen MR) is 73.7 cm³/mol. The Balaban J connectivity index is 2.36. The number of pyridine rings is 1. The lowest BCUT2D eigenvalue weighted by Gasteiger charge is -2.11. The maximum absolute atomic E-state index is 11.1. The number of aromatic carboxylic acids is 1. The van der Waals surface area contributed by atoms with Gasteiger partial charge in [-0.05, 0) is 24.5 Å². The molecular formula is C15H17NO3. The number of carbonyl (C=O) groups is 1. The smallest absolute Gasteiger partial charge is 0.354 e. The fraction of sp³-hybridized carbons (Fsp3) is 0.333. The zero-order valence-corrected chi connectivity index (χ0v) is 11.1. The van der Waals surface area contributed by atoms with Gasteiger partial charge in [0.05, 0.1) is 12.1 Å². The van der Waals surface area contributed by atoms with Crippen LogP contribution in [0.1, 0.15) is 30.8 Å². The average Bonchev–Trinajstić information content (AvgIpc) is 2.38. The van der Waals surface area contributed by atoms with E-state index < -0.39 is 5.97 Å². The summed E-state index contributed by atoms with van der Waals surface area (Å²) in [6, 6.07) is 8.89. The number of carboxylic acid groups (broad SMARTS) is 1. The molecule has 0 radical (unpaired) electrons. The van der Waals surface area contributed by atoms with Crippen molar-refractivity contribution >= 4 is 16.9 Å². The Morgan fingerprint density at radius 1 is 1.37 bits per heavy atom.